The molecule has 0 saturated carbocycles. The van der Waals surface area contributed by atoms with E-state index in [1.165, 1.54) is 24.9 Å². The van der Waals surface area contributed by atoms with E-state index in [1.807, 2.05) is 0 Å². The van der Waals surface area contributed by atoms with E-state index in [1.54, 1.807) is 0 Å². The minimum absolute atomic E-state index is 0.123. The first-order valence-corrected chi connectivity index (χ1v) is 6.86. The number of carbonyl (C=O) groups is 1. The van der Waals surface area contributed by atoms with Gasteiger partial charge in [0.15, 0.2) is 0 Å². The SMILES string of the molecule is CC(=N)N(C)c1ncc(C(=O)O)cc1COP(=O)(O)O. The summed E-state index contributed by atoms with van der Waals surface area (Å²) in [6, 6.07) is 1.19. The van der Waals surface area contributed by atoms with Crippen LogP contribution < -0.4 is 4.90 Å². The molecule has 0 aliphatic rings. The number of carboxylic acids is 1. The van der Waals surface area contributed by atoms with Gasteiger partial charge in [-0.05, 0) is 13.0 Å². The van der Waals surface area contributed by atoms with Crippen molar-refractivity contribution < 1.29 is 28.8 Å². The van der Waals surface area contributed by atoms with E-state index in [0.717, 1.165) is 6.20 Å². The van der Waals surface area contributed by atoms with Crippen LogP contribution in [0.25, 0.3) is 0 Å². The number of pyridine rings is 1. The highest BCUT2D eigenvalue weighted by molar-refractivity contribution is 7.46. The van der Waals surface area contributed by atoms with E-state index in [4.69, 9.17) is 20.3 Å². The maximum Gasteiger partial charge on any atom is 0.469 e. The average molecular weight is 303 g/mol. The second kappa shape index (κ2) is 6.10. The summed E-state index contributed by atoms with van der Waals surface area (Å²) in [6.07, 6.45) is 1.10. The highest BCUT2D eigenvalue weighted by Crippen LogP contribution is 2.37. The number of anilines is 1. The summed E-state index contributed by atoms with van der Waals surface area (Å²) < 4.78 is 15.1. The first-order valence-electron chi connectivity index (χ1n) is 5.33. The highest BCUT2D eigenvalue weighted by atomic mass is 31.2. The van der Waals surface area contributed by atoms with Crippen LogP contribution in [0.1, 0.15) is 22.8 Å². The van der Waals surface area contributed by atoms with Gasteiger partial charge in [-0.1, -0.05) is 0 Å². The molecule has 4 N–H and O–H groups in total. The third-order valence-electron chi connectivity index (χ3n) is 2.40. The molecular weight excluding hydrogens is 289 g/mol. The van der Waals surface area contributed by atoms with Gasteiger partial charge in [-0.15, -0.1) is 0 Å². The van der Waals surface area contributed by atoms with Crippen LogP contribution in [0.5, 0.6) is 0 Å². The van der Waals surface area contributed by atoms with E-state index in [2.05, 4.69) is 9.51 Å². The van der Waals surface area contributed by atoms with Crippen molar-refractivity contribution in [3.8, 4) is 0 Å². The van der Waals surface area contributed by atoms with E-state index in [9.17, 15) is 9.36 Å². The summed E-state index contributed by atoms with van der Waals surface area (Å²) >= 11 is 0. The van der Waals surface area contributed by atoms with E-state index in [-0.39, 0.29) is 22.8 Å². The lowest BCUT2D eigenvalue weighted by Gasteiger charge is -2.20. The summed E-state index contributed by atoms with van der Waals surface area (Å²) in [5.41, 5.74) is 0.0106. The third-order valence-corrected chi connectivity index (χ3v) is 2.86. The van der Waals surface area contributed by atoms with Gasteiger partial charge in [-0.25, -0.2) is 14.3 Å². The molecule has 0 spiro atoms. The highest BCUT2D eigenvalue weighted by Gasteiger charge is 2.19. The number of aromatic nitrogens is 1. The van der Waals surface area contributed by atoms with Gasteiger partial charge >= 0.3 is 13.8 Å². The van der Waals surface area contributed by atoms with E-state index >= 15 is 0 Å². The Balaban J connectivity index is 3.19. The Morgan fingerprint density at radius 2 is 2.15 bits per heavy atom. The molecule has 0 aromatic carbocycles. The fourth-order valence-electron chi connectivity index (χ4n) is 1.34. The Hall–Kier alpha value is -1.80. The molecule has 1 heterocycles. The molecule has 0 aliphatic heterocycles. The first-order chi connectivity index (χ1) is 9.11. The van der Waals surface area contributed by atoms with Gasteiger partial charge in [-0.3, -0.25) is 9.93 Å². The Kier molecular flexibility index (Phi) is 4.96. The fraction of sp³-hybridized carbons (Fsp3) is 0.300. The second-order valence-electron chi connectivity index (χ2n) is 3.92. The molecule has 0 radical (unpaired) electrons. The number of amidine groups is 1. The lowest BCUT2D eigenvalue weighted by Crippen LogP contribution is -2.25. The van der Waals surface area contributed by atoms with E-state index in [0.29, 0.717) is 0 Å². The molecule has 110 valence electrons. The number of aromatic carboxylic acids is 1. The summed E-state index contributed by atoms with van der Waals surface area (Å²) in [5.74, 6) is -0.912. The Labute approximate surface area is 114 Å². The average Bonchev–Trinajstić information content (AvgIpc) is 2.34. The molecule has 0 bridgehead atoms. The van der Waals surface area contributed by atoms with Crippen molar-refractivity contribution in [3.63, 3.8) is 0 Å². The van der Waals surface area contributed by atoms with Crippen LogP contribution in [0.4, 0.5) is 5.82 Å². The summed E-state index contributed by atoms with van der Waals surface area (Å²) in [4.78, 5) is 33.5. The van der Waals surface area contributed by atoms with Crippen LogP contribution in [0, 0.1) is 5.41 Å². The summed E-state index contributed by atoms with van der Waals surface area (Å²) in [5, 5.41) is 16.4. The molecular formula is C10H14N3O6P. The van der Waals surface area contributed by atoms with Gasteiger partial charge < -0.3 is 19.8 Å². The lowest BCUT2D eigenvalue weighted by atomic mass is 10.2. The van der Waals surface area contributed by atoms with Crippen molar-refractivity contribution in [2.24, 2.45) is 0 Å². The molecule has 0 atom stereocenters. The van der Waals surface area contributed by atoms with E-state index < -0.39 is 20.4 Å². The molecule has 0 amide bonds. The zero-order chi connectivity index (χ0) is 15.5. The Morgan fingerprint density at radius 1 is 1.55 bits per heavy atom. The van der Waals surface area contributed by atoms with Crippen molar-refractivity contribution in [1.82, 2.24) is 4.98 Å². The molecule has 20 heavy (non-hydrogen) atoms. The van der Waals surface area contributed by atoms with Crippen molar-refractivity contribution in [2.45, 2.75) is 13.5 Å². The predicted octanol–water partition coefficient (Wildman–Crippen LogP) is 0.822. The second-order valence-corrected chi connectivity index (χ2v) is 5.16. The van der Waals surface area contributed by atoms with Crippen LogP contribution in [0.2, 0.25) is 0 Å². The van der Waals surface area contributed by atoms with Crippen LogP contribution in [-0.4, -0.2) is 38.7 Å². The molecule has 0 fully saturated rings. The number of nitrogens with one attached hydrogen (secondary N) is 1. The van der Waals surface area contributed by atoms with Gasteiger partial charge in [0.25, 0.3) is 0 Å². The molecule has 10 heteroatoms. The summed E-state index contributed by atoms with van der Waals surface area (Å²) in [6.45, 7) is 0.964. The number of hydrogen-bond donors (Lipinski definition) is 4. The van der Waals surface area contributed by atoms with Crippen molar-refractivity contribution in [3.05, 3.63) is 23.4 Å². The molecule has 0 aliphatic carbocycles. The molecule has 1 aromatic rings. The van der Waals surface area contributed by atoms with Crippen LogP contribution in [0.15, 0.2) is 12.3 Å². The number of rotatable bonds is 5. The van der Waals surface area contributed by atoms with Gasteiger partial charge in [0, 0.05) is 18.8 Å². The molecule has 9 nitrogen and oxygen atoms in total. The van der Waals surface area contributed by atoms with Gasteiger partial charge in [0.1, 0.15) is 5.82 Å². The van der Waals surface area contributed by atoms with Crippen molar-refractivity contribution in [1.29, 1.82) is 5.41 Å². The molecule has 1 aromatic heterocycles. The number of hydrogen-bond acceptors (Lipinski definition) is 5. The Bertz CT molecular complexity index is 584. The number of phosphoric ester groups is 1. The van der Waals surface area contributed by atoms with Crippen LogP contribution in [0.3, 0.4) is 0 Å². The van der Waals surface area contributed by atoms with Crippen molar-refractivity contribution >= 4 is 25.4 Å². The maximum absolute atomic E-state index is 10.9. The lowest BCUT2D eigenvalue weighted by molar-refractivity contribution is 0.0696. The monoisotopic (exact) mass is 303 g/mol. The van der Waals surface area contributed by atoms with Gasteiger partial charge in [0.05, 0.1) is 18.0 Å². The normalized spacial score (nSPS) is 11.2. The molecule has 0 unspecified atom stereocenters. The standard InChI is InChI=1S/C10H14N3O6P/c1-6(11)13(2)9-8(5-19-20(16,17)18)3-7(4-12-9)10(14)15/h3-4,11H,5H2,1-2H3,(H,14,15)(H2,16,17,18). The zero-order valence-corrected chi connectivity index (χ0v) is 11.7. The Morgan fingerprint density at radius 3 is 2.60 bits per heavy atom. The fourth-order valence-corrected chi connectivity index (χ4v) is 1.65. The first kappa shape index (κ1) is 16.3. The topological polar surface area (TPSA) is 144 Å². The minimum Gasteiger partial charge on any atom is -0.478 e. The van der Waals surface area contributed by atoms with Crippen LogP contribution in [-0.2, 0) is 15.7 Å². The van der Waals surface area contributed by atoms with Gasteiger partial charge in [-0.2, -0.15) is 0 Å². The minimum atomic E-state index is -4.69. The van der Waals surface area contributed by atoms with Crippen LogP contribution >= 0.6 is 7.82 Å². The predicted molar refractivity (Wildman–Crippen MR) is 69.8 cm³/mol. The van der Waals surface area contributed by atoms with Crippen molar-refractivity contribution in [2.75, 3.05) is 11.9 Å². The van der Waals surface area contributed by atoms with Gasteiger partial charge in [0.2, 0.25) is 0 Å². The quantitative estimate of drug-likeness (QED) is 0.355. The third kappa shape index (κ3) is 4.39. The largest absolute Gasteiger partial charge is 0.478 e. The molecule has 0 saturated heterocycles. The zero-order valence-electron chi connectivity index (χ0n) is 10.8. The maximum atomic E-state index is 10.9. The smallest absolute Gasteiger partial charge is 0.469 e. The number of phosphoric acid groups is 1. The summed E-state index contributed by atoms with van der Waals surface area (Å²) in [7, 11) is -3.17. The number of nitrogens with zero attached hydrogens (tertiary/aromatic N) is 2. The number of carboxylic acid groups (broad SMARTS) is 1. The molecule has 1 rings (SSSR count).